The van der Waals surface area contributed by atoms with Crippen molar-refractivity contribution >= 4 is 44.9 Å². The van der Waals surface area contributed by atoms with E-state index in [9.17, 15) is 4.79 Å². The lowest BCUT2D eigenvalue weighted by molar-refractivity contribution is -0.123. The molecule has 2 N–H and O–H groups in total. The van der Waals surface area contributed by atoms with Gasteiger partial charge in [0, 0.05) is 11.4 Å². The Morgan fingerprint density at radius 3 is 3.15 bits per heavy atom. The molecule has 0 spiro atoms. The second-order valence-corrected chi connectivity index (χ2v) is 6.21. The summed E-state index contributed by atoms with van der Waals surface area (Å²) in [5, 5.41) is 7.22. The Kier molecular flexibility index (Phi) is 3.76. The van der Waals surface area contributed by atoms with Gasteiger partial charge in [-0.25, -0.2) is 9.97 Å². The van der Waals surface area contributed by atoms with E-state index in [1.54, 1.807) is 11.3 Å². The van der Waals surface area contributed by atoms with Gasteiger partial charge < -0.3 is 10.6 Å². The predicted octanol–water partition coefficient (Wildman–Crippen LogP) is 2.60. The second kappa shape index (κ2) is 5.54. The molecule has 3 rings (SSSR count). The predicted molar refractivity (Wildman–Crippen MR) is 81.5 cm³/mol. The lowest BCUT2D eigenvalue weighted by Crippen LogP contribution is -2.44. The maximum Gasteiger partial charge on any atom is 0.242 e. The summed E-state index contributed by atoms with van der Waals surface area (Å²) >= 11 is 7.59. The third-order valence-corrected chi connectivity index (χ3v) is 4.70. The van der Waals surface area contributed by atoms with Crippen molar-refractivity contribution in [3.8, 4) is 0 Å². The van der Waals surface area contributed by atoms with Crippen LogP contribution in [0.3, 0.4) is 0 Å². The number of aryl methyl sites for hydroxylation is 1. The average Bonchev–Trinajstić information content (AvgIpc) is 2.84. The van der Waals surface area contributed by atoms with Gasteiger partial charge in [0.2, 0.25) is 11.2 Å². The normalized spacial score (nSPS) is 19.1. The van der Waals surface area contributed by atoms with E-state index in [-0.39, 0.29) is 17.2 Å². The molecule has 1 unspecified atom stereocenters. The molecule has 1 aliphatic rings. The standard InChI is InChI=1S/C13H15ClN4OS/c1-2-7-6-8-10(17-13(14)18-12(8)20-7)16-9-4-3-5-15-11(9)19/h6,9H,2-5H2,1H3,(H,15,19)(H,16,17,18). The number of carbonyl (C=O) groups excluding carboxylic acids is 1. The topological polar surface area (TPSA) is 66.9 Å². The van der Waals surface area contributed by atoms with Crippen LogP contribution in [0.15, 0.2) is 6.07 Å². The van der Waals surface area contributed by atoms with Crippen molar-refractivity contribution in [1.82, 2.24) is 15.3 Å². The number of thiophene rings is 1. The molecule has 7 heteroatoms. The highest BCUT2D eigenvalue weighted by Gasteiger charge is 2.23. The molecule has 3 heterocycles. The summed E-state index contributed by atoms with van der Waals surface area (Å²) in [7, 11) is 0. The number of amides is 1. The summed E-state index contributed by atoms with van der Waals surface area (Å²) < 4.78 is 0. The van der Waals surface area contributed by atoms with Crippen molar-refractivity contribution in [2.75, 3.05) is 11.9 Å². The summed E-state index contributed by atoms with van der Waals surface area (Å²) in [6, 6.07) is 1.82. The molecule has 1 amide bonds. The number of fused-ring (bicyclic) bond motifs is 1. The highest BCUT2D eigenvalue weighted by molar-refractivity contribution is 7.18. The molecule has 5 nitrogen and oxygen atoms in total. The van der Waals surface area contributed by atoms with Crippen molar-refractivity contribution < 1.29 is 4.79 Å². The van der Waals surface area contributed by atoms with E-state index in [1.165, 1.54) is 4.88 Å². The highest BCUT2D eigenvalue weighted by Crippen LogP contribution is 2.31. The summed E-state index contributed by atoms with van der Waals surface area (Å²) in [5.41, 5.74) is 0. The van der Waals surface area contributed by atoms with Gasteiger partial charge in [-0.15, -0.1) is 11.3 Å². The number of anilines is 1. The lowest BCUT2D eigenvalue weighted by Gasteiger charge is -2.23. The Labute approximate surface area is 125 Å². The third-order valence-electron chi connectivity index (χ3n) is 3.36. The second-order valence-electron chi connectivity index (χ2n) is 4.76. The van der Waals surface area contributed by atoms with E-state index in [0.29, 0.717) is 5.82 Å². The Morgan fingerprint density at radius 2 is 2.40 bits per heavy atom. The van der Waals surface area contributed by atoms with Gasteiger partial charge in [0.1, 0.15) is 16.7 Å². The van der Waals surface area contributed by atoms with E-state index >= 15 is 0 Å². The molecular weight excluding hydrogens is 296 g/mol. The molecule has 2 aromatic rings. The summed E-state index contributed by atoms with van der Waals surface area (Å²) in [6.45, 7) is 2.84. The molecular formula is C13H15ClN4OS. The van der Waals surface area contributed by atoms with Gasteiger partial charge >= 0.3 is 0 Å². The molecule has 106 valence electrons. The molecule has 0 aliphatic carbocycles. The van der Waals surface area contributed by atoms with Crippen molar-refractivity contribution in [2.24, 2.45) is 0 Å². The zero-order valence-corrected chi connectivity index (χ0v) is 12.6. The highest BCUT2D eigenvalue weighted by atomic mass is 35.5. The molecule has 0 radical (unpaired) electrons. The number of halogens is 1. The van der Waals surface area contributed by atoms with Gasteiger partial charge in [-0.05, 0) is 36.9 Å². The molecule has 0 aromatic carbocycles. The molecule has 0 bridgehead atoms. The number of nitrogens with one attached hydrogen (secondary N) is 2. The van der Waals surface area contributed by atoms with Crippen molar-refractivity contribution in [3.63, 3.8) is 0 Å². The number of hydrogen-bond acceptors (Lipinski definition) is 5. The first-order valence-electron chi connectivity index (χ1n) is 6.67. The fourth-order valence-corrected chi connectivity index (χ4v) is 3.49. The fraction of sp³-hybridized carbons (Fsp3) is 0.462. The molecule has 1 fully saturated rings. The maximum absolute atomic E-state index is 11.8. The fourth-order valence-electron chi connectivity index (χ4n) is 2.30. The number of nitrogens with zero attached hydrogens (tertiary/aromatic N) is 2. The van der Waals surface area contributed by atoms with E-state index in [4.69, 9.17) is 11.6 Å². The van der Waals surface area contributed by atoms with Crippen LogP contribution >= 0.6 is 22.9 Å². The quantitative estimate of drug-likeness (QED) is 0.855. The van der Waals surface area contributed by atoms with Crippen LogP contribution in [-0.4, -0.2) is 28.5 Å². The van der Waals surface area contributed by atoms with Gasteiger partial charge in [0.25, 0.3) is 0 Å². The number of aromatic nitrogens is 2. The van der Waals surface area contributed by atoms with E-state index in [0.717, 1.165) is 36.0 Å². The van der Waals surface area contributed by atoms with Crippen molar-refractivity contribution in [1.29, 1.82) is 0 Å². The SMILES string of the molecule is CCc1cc2c(NC3CCCNC3=O)nc(Cl)nc2s1. The monoisotopic (exact) mass is 310 g/mol. The van der Waals surface area contributed by atoms with Crippen LogP contribution in [0.5, 0.6) is 0 Å². The molecule has 1 aliphatic heterocycles. The molecule has 20 heavy (non-hydrogen) atoms. The van der Waals surface area contributed by atoms with Crippen LogP contribution in [-0.2, 0) is 11.2 Å². The van der Waals surface area contributed by atoms with E-state index < -0.39 is 0 Å². The van der Waals surface area contributed by atoms with Crippen LogP contribution < -0.4 is 10.6 Å². The van der Waals surface area contributed by atoms with Gasteiger partial charge in [-0.3, -0.25) is 4.79 Å². The van der Waals surface area contributed by atoms with Crippen LogP contribution in [0, 0.1) is 0 Å². The van der Waals surface area contributed by atoms with Crippen molar-refractivity contribution in [3.05, 3.63) is 16.2 Å². The minimum Gasteiger partial charge on any atom is -0.358 e. The van der Waals surface area contributed by atoms with Gasteiger partial charge in [-0.1, -0.05) is 6.92 Å². The van der Waals surface area contributed by atoms with Crippen LogP contribution in [0.2, 0.25) is 5.28 Å². The first-order chi connectivity index (χ1) is 9.67. The minimum atomic E-state index is -0.247. The molecule has 2 aromatic heterocycles. The van der Waals surface area contributed by atoms with Gasteiger partial charge in [0.05, 0.1) is 5.39 Å². The number of piperidine rings is 1. The minimum absolute atomic E-state index is 0.0186. The summed E-state index contributed by atoms with van der Waals surface area (Å²) in [5.74, 6) is 0.670. The zero-order valence-electron chi connectivity index (χ0n) is 11.1. The Hall–Kier alpha value is -1.40. The van der Waals surface area contributed by atoms with Crippen LogP contribution in [0.4, 0.5) is 5.82 Å². The molecule has 1 atom stereocenters. The summed E-state index contributed by atoms with van der Waals surface area (Å²) in [4.78, 5) is 22.4. The van der Waals surface area contributed by atoms with E-state index in [2.05, 4.69) is 33.6 Å². The first-order valence-corrected chi connectivity index (χ1v) is 7.87. The molecule has 0 saturated carbocycles. The summed E-state index contributed by atoms with van der Waals surface area (Å²) in [6.07, 6.45) is 2.72. The number of carbonyl (C=O) groups is 1. The smallest absolute Gasteiger partial charge is 0.242 e. The van der Waals surface area contributed by atoms with E-state index in [1.807, 2.05) is 0 Å². The van der Waals surface area contributed by atoms with Gasteiger partial charge in [0.15, 0.2) is 0 Å². The number of hydrogen-bond donors (Lipinski definition) is 2. The first kappa shape index (κ1) is 13.6. The zero-order chi connectivity index (χ0) is 14.1. The van der Waals surface area contributed by atoms with Crippen LogP contribution in [0.25, 0.3) is 10.2 Å². The van der Waals surface area contributed by atoms with Crippen LogP contribution in [0.1, 0.15) is 24.6 Å². The van der Waals surface area contributed by atoms with Crippen molar-refractivity contribution in [2.45, 2.75) is 32.2 Å². The number of rotatable bonds is 3. The largest absolute Gasteiger partial charge is 0.358 e. The van der Waals surface area contributed by atoms with Gasteiger partial charge in [-0.2, -0.15) is 0 Å². The Morgan fingerprint density at radius 1 is 1.55 bits per heavy atom. The average molecular weight is 311 g/mol. The third kappa shape index (κ3) is 2.58. The maximum atomic E-state index is 11.8. The molecule has 1 saturated heterocycles. The lowest BCUT2D eigenvalue weighted by atomic mass is 10.1. The Balaban J connectivity index is 1.97. The Bertz CT molecular complexity index is 657.